The molecule has 10 heteroatoms. The van der Waals surface area contributed by atoms with E-state index >= 15 is 0 Å². The largest absolute Gasteiger partial charge is 0.516 e. The second-order valence-electron chi connectivity index (χ2n) is 7.64. The number of halogens is 3. The van der Waals surface area contributed by atoms with Gasteiger partial charge in [0.15, 0.2) is 0 Å². The summed E-state index contributed by atoms with van der Waals surface area (Å²) in [6, 6.07) is 13.9. The average molecular weight is 458 g/mol. The average Bonchev–Trinajstić information content (AvgIpc) is 2.74. The molecule has 0 spiro atoms. The van der Waals surface area contributed by atoms with E-state index in [1.54, 1.807) is 5.01 Å². The van der Waals surface area contributed by atoms with Gasteiger partial charge in [-0.2, -0.15) is 21.6 Å². The highest BCUT2D eigenvalue weighted by Crippen LogP contribution is 2.41. The maximum absolute atomic E-state index is 13.0. The van der Waals surface area contributed by atoms with Gasteiger partial charge in [0, 0.05) is 13.6 Å². The first kappa shape index (κ1) is 23.4. The van der Waals surface area contributed by atoms with Gasteiger partial charge >= 0.3 is 15.5 Å². The molecule has 0 aromatic heterocycles. The third kappa shape index (κ3) is 4.37. The Labute approximate surface area is 180 Å². The number of alkyl halides is 3. The number of methoxy groups -OCH3 is 1. The van der Waals surface area contributed by atoms with Crippen LogP contribution >= 0.6 is 0 Å². The SMILES string of the molecule is COc1ccc(N(C)S(=O)(=O)C(F)(F)F)cc1CC1(c2ccccc2)CCCCN1N. The minimum absolute atomic E-state index is 0.101. The standard InChI is InChI=1S/C21H26F3N3O3S/c1-26(31(28,29)21(22,23)24)18-10-11-19(30-2)16(14-18)15-20(12-6-7-13-27(20)25)17-8-4-3-5-9-17/h3-5,8-11,14H,6-7,12-13,15,25H2,1-2H3. The van der Waals surface area contributed by atoms with Crippen LogP contribution in [-0.2, 0) is 22.0 Å². The van der Waals surface area contributed by atoms with Crippen molar-refractivity contribution in [3.05, 3.63) is 59.7 Å². The fraction of sp³-hybridized carbons (Fsp3) is 0.429. The molecule has 0 amide bonds. The van der Waals surface area contributed by atoms with E-state index in [0.717, 1.165) is 31.9 Å². The van der Waals surface area contributed by atoms with Crippen LogP contribution in [0.3, 0.4) is 0 Å². The van der Waals surface area contributed by atoms with Crippen LogP contribution in [0.5, 0.6) is 5.75 Å². The Balaban J connectivity index is 2.08. The number of hydrazine groups is 1. The van der Waals surface area contributed by atoms with Gasteiger partial charge in [0.05, 0.1) is 18.3 Å². The van der Waals surface area contributed by atoms with Gasteiger partial charge < -0.3 is 4.74 Å². The Morgan fingerprint density at radius 2 is 1.84 bits per heavy atom. The lowest BCUT2D eigenvalue weighted by atomic mass is 9.77. The lowest BCUT2D eigenvalue weighted by Gasteiger charge is -2.45. The Morgan fingerprint density at radius 3 is 2.42 bits per heavy atom. The minimum atomic E-state index is -5.52. The van der Waals surface area contributed by atoms with Crippen LogP contribution in [-0.4, -0.2) is 39.6 Å². The molecule has 1 heterocycles. The van der Waals surface area contributed by atoms with Crippen molar-refractivity contribution in [2.45, 2.75) is 36.7 Å². The number of hydrogen-bond donors (Lipinski definition) is 1. The van der Waals surface area contributed by atoms with E-state index in [-0.39, 0.29) is 9.99 Å². The van der Waals surface area contributed by atoms with Crippen LogP contribution in [0.2, 0.25) is 0 Å². The molecule has 6 nitrogen and oxygen atoms in total. The lowest BCUT2D eigenvalue weighted by molar-refractivity contribution is -0.0437. The van der Waals surface area contributed by atoms with Crippen molar-refractivity contribution in [2.24, 2.45) is 5.84 Å². The van der Waals surface area contributed by atoms with Crippen LogP contribution < -0.4 is 14.9 Å². The predicted molar refractivity (Wildman–Crippen MR) is 113 cm³/mol. The number of sulfonamides is 1. The van der Waals surface area contributed by atoms with E-state index < -0.39 is 21.1 Å². The van der Waals surface area contributed by atoms with Gasteiger partial charge in [-0.1, -0.05) is 30.3 Å². The van der Waals surface area contributed by atoms with E-state index in [4.69, 9.17) is 10.6 Å². The molecule has 1 unspecified atom stereocenters. The van der Waals surface area contributed by atoms with E-state index in [1.807, 2.05) is 30.3 Å². The smallest absolute Gasteiger partial charge is 0.496 e. The summed E-state index contributed by atoms with van der Waals surface area (Å²) >= 11 is 0. The molecule has 1 aliphatic rings. The topological polar surface area (TPSA) is 75.9 Å². The fourth-order valence-electron chi connectivity index (χ4n) is 4.12. The summed E-state index contributed by atoms with van der Waals surface area (Å²) in [5.74, 6) is 6.90. The van der Waals surface area contributed by atoms with Crippen LogP contribution in [0.1, 0.15) is 30.4 Å². The molecule has 1 atom stereocenters. The molecule has 1 saturated heterocycles. The Morgan fingerprint density at radius 1 is 1.16 bits per heavy atom. The first-order valence-electron chi connectivity index (χ1n) is 9.83. The molecule has 0 radical (unpaired) electrons. The first-order valence-corrected chi connectivity index (χ1v) is 11.3. The molecule has 31 heavy (non-hydrogen) atoms. The number of ether oxygens (including phenoxy) is 1. The number of anilines is 1. The highest BCUT2D eigenvalue weighted by atomic mass is 32.2. The summed E-state index contributed by atoms with van der Waals surface area (Å²) in [4.78, 5) is 0. The summed E-state index contributed by atoms with van der Waals surface area (Å²) in [7, 11) is -3.17. The molecule has 2 aromatic carbocycles. The number of rotatable bonds is 6. The van der Waals surface area contributed by atoms with E-state index in [1.165, 1.54) is 25.3 Å². The van der Waals surface area contributed by atoms with Gasteiger partial charge in [-0.15, -0.1) is 0 Å². The monoisotopic (exact) mass is 457 g/mol. The van der Waals surface area contributed by atoms with Gasteiger partial charge in [-0.3, -0.25) is 10.1 Å². The number of nitrogens with zero attached hydrogens (tertiary/aromatic N) is 2. The summed E-state index contributed by atoms with van der Waals surface area (Å²) in [5, 5.41) is 1.77. The zero-order valence-electron chi connectivity index (χ0n) is 17.4. The number of piperidine rings is 1. The normalized spacial score (nSPS) is 20.5. The lowest BCUT2D eigenvalue weighted by Crippen LogP contribution is -2.54. The molecule has 2 N–H and O–H groups in total. The summed E-state index contributed by atoms with van der Waals surface area (Å²) in [5.41, 5.74) is -4.53. The number of benzene rings is 2. The predicted octanol–water partition coefficient (Wildman–Crippen LogP) is 3.78. The van der Waals surface area contributed by atoms with Crippen LogP contribution in [0, 0.1) is 0 Å². The number of hydrogen-bond acceptors (Lipinski definition) is 5. The van der Waals surface area contributed by atoms with Crippen molar-refractivity contribution in [1.29, 1.82) is 0 Å². The molecule has 0 bridgehead atoms. The minimum Gasteiger partial charge on any atom is -0.496 e. The summed E-state index contributed by atoms with van der Waals surface area (Å²) in [6.07, 6.45) is 2.98. The van der Waals surface area contributed by atoms with Crippen molar-refractivity contribution in [3.8, 4) is 5.75 Å². The fourth-order valence-corrected chi connectivity index (χ4v) is 4.82. The first-order chi connectivity index (χ1) is 14.5. The Bertz CT molecular complexity index is 1020. The van der Waals surface area contributed by atoms with Crippen molar-refractivity contribution < 1.29 is 26.3 Å². The van der Waals surface area contributed by atoms with E-state index in [9.17, 15) is 21.6 Å². The van der Waals surface area contributed by atoms with E-state index in [0.29, 0.717) is 24.3 Å². The van der Waals surface area contributed by atoms with Crippen molar-refractivity contribution in [2.75, 3.05) is 25.0 Å². The van der Waals surface area contributed by atoms with Crippen LogP contribution in [0.15, 0.2) is 48.5 Å². The molecular weight excluding hydrogens is 431 g/mol. The van der Waals surface area contributed by atoms with Crippen LogP contribution in [0.4, 0.5) is 18.9 Å². The van der Waals surface area contributed by atoms with Gasteiger partial charge in [0.1, 0.15) is 5.75 Å². The van der Waals surface area contributed by atoms with Gasteiger partial charge in [0.25, 0.3) is 0 Å². The molecule has 2 aromatic rings. The highest BCUT2D eigenvalue weighted by molar-refractivity contribution is 7.93. The van der Waals surface area contributed by atoms with Gasteiger partial charge in [-0.25, -0.2) is 5.01 Å². The molecule has 3 rings (SSSR count). The molecule has 170 valence electrons. The molecule has 0 aliphatic carbocycles. The maximum atomic E-state index is 13.0. The number of nitrogens with two attached hydrogens (primary N) is 1. The molecule has 0 saturated carbocycles. The summed E-state index contributed by atoms with van der Waals surface area (Å²) in [6.45, 7) is 0.666. The van der Waals surface area contributed by atoms with Gasteiger partial charge in [-0.05, 0) is 55.0 Å². The Hall–Kier alpha value is -2.30. The second-order valence-corrected chi connectivity index (χ2v) is 9.60. The maximum Gasteiger partial charge on any atom is 0.516 e. The molecular formula is C21H26F3N3O3S. The quantitative estimate of drug-likeness (QED) is 0.669. The summed E-state index contributed by atoms with van der Waals surface area (Å²) < 4.78 is 68.6. The highest BCUT2D eigenvalue weighted by Gasteiger charge is 2.49. The van der Waals surface area contributed by atoms with Gasteiger partial charge in [0.2, 0.25) is 0 Å². The van der Waals surface area contributed by atoms with Crippen molar-refractivity contribution >= 4 is 15.7 Å². The van der Waals surface area contributed by atoms with Crippen molar-refractivity contribution in [1.82, 2.24) is 5.01 Å². The second kappa shape index (κ2) is 8.68. The zero-order valence-corrected chi connectivity index (χ0v) is 18.2. The third-order valence-electron chi connectivity index (χ3n) is 5.86. The van der Waals surface area contributed by atoms with Crippen molar-refractivity contribution in [3.63, 3.8) is 0 Å². The molecule has 1 aliphatic heterocycles. The molecule has 1 fully saturated rings. The van der Waals surface area contributed by atoms with E-state index in [2.05, 4.69) is 0 Å². The zero-order chi connectivity index (χ0) is 22.9. The Kier molecular flexibility index (Phi) is 6.54. The van der Waals surface area contributed by atoms with Crippen LogP contribution in [0.25, 0.3) is 0 Å². The third-order valence-corrected chi connectivity index (χ3v) is 7.38.